The maximum absolute atomic E-state index is 11.5. The highest BCUT2D eigenvalue weighted by Gasteiger charge is 2.13. The summed E-state index contributed by atoms with van der Waals surface area (Å²) in [6, 6.07) is 2.18. The first-order valence-electron chi connectivity index (χ1n) is 6.66. The van der Waals surface area contributed by atoms with E-state index >= 15 is 0 Å². The predicted molar refractivity (Wildman–Crippen MR) is 72.5 cm³/mol. The molecule has 1 fully saturated rings. The Labute approximate surface area is 110 Å². The van der Waals surface area contributed by atoms with E-state index in [9.17, 15) is 4.79 Å². The van der Waals surface area contributed by atoms with Crippen LogP contribution in [0.5, 0.6) is 0 Å². The fourth-order valence-electron chi connectivity index (χ4n) is 2.52. The Balaban J connectivity index is 1.86. The third-order valence-corrected chi connectivity index (χ3v) is 3.47. The molecule has 1 saturated heterocycles. The van der Waals surface area contributed by atoms with Gasteiger partial charge in [0.05, 0.1) is 0 Å². The summed E-state index contributed by atoms with van der Waals surface area (Å²) in [6.45, 7) is 3.83. The molecule has 0 amide bonds. The molecule has 2 aromatic rings. The Hall–Kier alpha value is -1.89. The summed E-state index contributed by atoms with van der Waals surface area (Å²) in [4.78, 5) is 15.9. The maximum atomic E-state index is 11.5. The van der Waals surface area contributed by atoms with Crippen molar-refractivity contribution in [3.05, 3.63) is 22.4 Å². The zero-order chi connectivity index (χ0) is 13.2. The van der Waals surface area contributed by atoms with E-state index in [1.54, 1.807) is 13.0 Å². The van der Waals surface area contributed by atoms with Gasteiger partial charge in [-0.15, -0.1) is 0 Å². The SMILES string of the molecule is Cc1nc(NC2CCCCNC2)cc2n[nH]c(=O)n12. The molecule has 2 aromatic heterocycles. The average Bonchev–Trinajstić information content (AvgIpc) is 2.61. The lowest BCUT2D eigenvalue weighted by molar-refractivity contribution is 0.633. The van der Waals surface area contributed by atoms with Crippen molar-refractivity contribution in [3.63, 3.8) is 0 Å². The molecule has 0 aromatic carbocycles. The number of hydrogen-bond acceptors (Lipinski definition) is 5. The number of rotatable bonds is 2. The molecule has 1 aliphatic heterocycles. The van der Waals surface area contributed by atoms with E-state index in [1.807, 2.05) is 0 Å². The van der Waals surface area contributed by atoms with Crippen LogP contribution in [0.4, 0.5) is 5.82 Å². The zero-order valence-corrected chi connectivity index (χ0v) is 10.9. The summed E-state index contributed by atoms with van der Waals surface area (Å²) >= 11 is 0. The topological polar surface area (TPSA) is 87.1 Å². The quantitative estimate of drug-likeness (QED) is 0.723. The molecule has 19 heavy (non-hydrogen) atoms. The van der Waals surface area contributed by atoms with E-state index in [1.165, 1.54) is 17.2 Å². The largest absolute Gasteiger partial charge is 0.366 e. The lowest BCUT2D eigenvalue weighted by atomic mass is 10.1. The molecule has 1 unspecified atom stereocenters. The van der Waals surface area contributed by atoms with Crippen LogP contribution in [0, 0.1) is 6.92 Å². The molecule has 7 heteroatoms. The first kappa shape index (κ1) is 12.2. The molecule has 7 nitrogen and oxygen atoms in total. The second-order valence-electron chi connectivity index (χ2n) is 4.95. The number of aryl methyl sites for hydroxylation is 1. The summed E-state index contributed by atoms with van der Waals surface area (Å²) in [5, 5.41) is 13.2. The first-order valence-corrected chi connectivity index (χ1v) is 6.66. The molecular weight excluding hydrogens is 244 g/mol. The number of nitrogens with zero attached hydrogens (tertiary/aromatic N) is 3. The third kappa shape index (κ3) is 2.46. The Morgan fingerprint density at radius 1 is 1.47 bits per heavy atom. The van der Waals surface area contributed by atoms with E-state index in [2.05, 4.69) is 25.8 Å². The highest BCUT2D eigenvalue weighted by molar-refractivity contribution is 5.50. The maximum Gasteiger partial charge on any atom is 0.349 e. The second kappa shape index (κ2) is 5.00. The van der Waals surface area contributed by atoms with E-state index in [0.29, 0.717) is 17.5 Å². The highest BCUT2D eigenvalue weighted by atomic mass is 16.1. The molecule has 102 valence electrons. The molecule has 0 aliphatic carbocycles. The van der Waals surface area contributed by atoms with Gasteiger partial charge < -0.3 is 10.6 Å². The minimum atomic E-state index is -0.248. The van der Waals surface area contributed by atoms with Gasteiger partial charge in [-0.05, 0) is 26.3 Å². The molecule has 3 heterocycles. The van der Waals surface area contributed by atoms with Crippen molar-refractivity contribution in [3.8, 4) is 0 Å². The van der Waals surface area contributed by atoms with E-state index in [4.69, 9.17) is 0 Å². The molecular formula is C12H18N6O. The standard InChI is InChI=1S/C12H18N6O/c1-8-14-10(6-11-16-17-12(19)18(8)11)15-9-4-2-3-5-13-7-9/h6,9,13,15H,2-5,7H2,1H3,(H,17,19). The smallest absolute Gasteiger partial charge is 0.349 e. The van der Waals surface area contributed by atoms with Crippen LogP contribution in [0.25, 0.3) is 5.65 Å². The second-order valence-corrected chi connectivity index (χ2v) is 4.95. The summed E-state index contributed by atoms with van der Waals surface area (Å²) in [5.74, 6) is 1.41. The Bertz CT molecular complexity index is 623. The minimum absolute atomic E-state index is 0.248. The van der Waals surface area contributed by atoms with Gasteiger partial charge in [0.15, 0.2) is 5.65 Å². The van der Waals surface area contributed by atoms with Crippen molar-refractivity contribution < 1.29 is 0 Å². The number of aromatic nitrogens is 4. The van der Waals surface area contributed by atoms with Gasteiger partial charge in [-0.25, -0.2) is 19.3 Å². The van der Waals surface area contributed by atoms with Gasteiger partial charge >= 0.3 is 5.69 Å². The number of aromatic amines is 1. The fourth-order valence-corrected chi connectivity index (χ4v) is 2.52. The van der Waals surface area contributed by atoms with E-state index < -0.39 is 0 Å². The third-order valence-electron chi connectivity index (χ3n) is 3.47. The van der Waals surface area contributed by atoms with Gasteiger partial charge in [0.1, 0.15) is 11.6 Å². The van der Waals surface area contributed by atoms with E-state index in [-0.39, 0.29) is 5.69 Å². The molecule has 0 spiro atoms. The lowest BCUT2D eigenvalue weighted by Crippen LogP contribution is -2.31. The van der Waals surface area contributed by atoms with Crippen LogP contribution in [0.2, 0.25) is 0 Å². The normalized spacial score (nSPS) is 20.4. The van der Waals surface area contributed by atoms with Crippen molar-refractivity contribution >= 4 is 11.5 Å². The van der Waals surface area contributed by atoms with Crippen LogP contribution in [0.3, 0.4) is 0 Å². The first-order chi connectivity index (χ1) is 9.24. The lowest BCUT2D eigenvalue weighted by Gasteiger charge is -2.17. The molecule has 0 saturated carbocycles. The number of hydrogen-bond donors (Lipinski definition) is 3. The number of fused-ring (bicyclic) bond motifs is 1. The van der Waals surface area contributed by atoms with Crippen LogP contribution in [0.1, 0.15) is 25.1 Å². The number of anilines is 1. The van der Waals surface area contributed by atoms with Crippen molar-refractivity contribution in [1.82, 2.24) is 24.9 Å². The van der Waals surface area contributed by atoms with Gasteiger partial charge in [0, 0.05) is 18.7 Å². The zero-order valence-electron chi connectivity index (χ0n) is 10.9. The number of nitrogens with one attached hydrogen (secondary N) is 3. The van der Waals surface area contributed by atoms with Crippen LogP contribution < -0.4 is 16.3 Å². The summed E-state index contributed by atoms with van der Waals surface area (Å²) in [5.41, 5.74) is 0.351. The van der Waals surface area contributed by atoms with Gasteiger partial charge in [0.2, 0.25) is 0 Å². The molecule has 3 N–H and O–H groups in total. The molecule has 0 radical (unpaired) electrons. The van der Waals surface area contributed by atoms with Crippen molar-refractivity contribution in [2.45, 2.75) is 32.2 Å². The van der Waals surface area contributed by atoms with Crippen LogP contribution in [-0.4, -0.2) is 38.7 Å². The van der Waals surface area contributed by atoms with Gasteiger partial charge in [-0.3, -0.25) is 0 Å². The molecule has 1 atom stereocenters. The Kier molecular flexibility index (Phi) is 3.20. The van der Waals surface area contributed by atoms with Gasteiger partial charge in [-0.2, -0.15) is 5.10 Å². The molecule has 3 rings (SSSR count). The van der Waals surface area contributed by atoms with Crippen molar-refractivity contribution in [2.75, 3.05) is 18.4 Å². The molecule has 0 bridgehead atoms. The van der Waals surface area contributed by atoms with Crippen molar-refractivity contribution in [2.24, 2.45) is 0 Å². The number of H-pyrrole nitrogens is 1. The Morgan fingerprint density at radius 3 is 3.26 bits per heavy atom. The molecule has 1 aliphatic rings. The van der Waals surface area contributed by atoms with Crippen molar-refractivity contribution in [1.29, 1.82) is 0 Å². The summed E-state index contributed by atoms with van der Waals surface area (Å²) in [6.07, 6.45) is 3.57. The van der Waals surface area contributed by atoms with Gasteiger partial charge in [0.25, 0.3) is 0 Å². The average molecular weight is 262 g/mol. The van der Waals surface area contributed by atoms with Gasteiger partial charge in [-0.1, -0.05) is 6.42 Å². The fraction of sp³-hybridized carbons (Fsp3) is 0.583. The van der Waals surface area contributed by atoms with E-state index in [0.717, 1.165) is 25.3 Å². The van der Waals surface area contributed by atoms with Crippen LogP contribution >= 0.6 is 0 Å². The van der Waals surface area contributed by atoms with Crippen LogP contribution in [-0.2, 0) is 0 Å². The van der Waals surface area contributed by atoms with Crippen LogP contribution in [0.15, 0.2) is 10.9 Å². The monoisotopic (exact) mass is 262 g/mol. The summed E-state index contributed by atoms with van der Waals surface area (Å²) < 4.78 is 1.47. The predicted octanol–water partition coefficient (Wildman–Crippen LogP) is 0.280. The Morgan fingerprint density at radius 2 is 2.37 bits per heavy atom. The highest BCUT2D eigenvalue weighted by Crippen LogP contribution is 2.13. The minimum Gasteiger partial charge on any atom is -0.366 e. The summed E-state index contributed by atoms with van der Waals surface area (Å²) in [7, 11) is 0.